The lowest BCUT2D eigenvalue weighted by atomic mass is 9.78. The van der Waals surface area contributed by atoms with Crippen molar-refractivity contribution >= 4 is 11.5 Å². The van der Waals surface area contributed by atoms with Crippen LogP contribution in [-0.2, 0) is 13.6 Å². The molecule has 2 rings (SSSR count). The van der Waals surface area contributed by atoms with E-state index in [-0.39, 0.29) is 28.5 Å². The fourth-order valence-electron chi connectivity index (χ4n) is 2.58. The summed E-state index contributed by atoms with van der Waals surface area (Å²) in [6, 6.07) is 0. The molecular weight excluding hydrogens is 256 g/mol. The van der Waals surface area contributed by atoms with Crippen molar-refractivity contribution in [2.24, 2.45) is 13.0 Å². The van der Waals surface area contributed by atoms with Crippen molar-refractivity contribution in [3.05, 3.63) is 20.8 Å². The van der Waals surface area contributed by atoms with E-state index in [1.807, 2.05) is 13.8 Å². The van der Waals surface area contributed by atoms with Gasteiger partial charge in [0.15, 0.2) is 0 Å². The normalized spacial score (nSPS) is 17.1. The Morgan fingerprint density at radius 3 is 2.40 bits per heavy atom. The van der Waals surface area contributed by atoms with Crippen LogP contribution in [0.3, 0.4) is 0 Å². The Morgan fingerprint density at radius 2 is 1.95 bits per heavy atom. The minimum atomic E-state index is -0.356. The second-order valence-electron chi connectivity index (χ2n) is 6.45. The molecule has 0 aliphatic heterocycles. The molecule has 1 aromatic heterocycles. The number of hydrogen-bond acceptors (Lipinski definition) is 4. The van der Waals surface area contributed by atoms with E-state index in [4.69, 9.17) is 5.73 Å². The monoisotopic (exact) mass is 280 g/mol. The molecule has 0 unspecified atom stereocenters. The fraction of sp³-hybridized carbons (Fsp3) is 0.714. The molecule has 1 fully saturated rings. The van der Waals surface area contributed by atoms with Crippen LogP contribution in [0.25, 0.3) is 0 Å². The highest BCUT2D eigenvalue weighted by Gasteiger charge is 2.33. The van der Waals surface area contributed by atoms with E-state index in [1.54, 1.807) is 0 Å². The Kier molecular flexibility index (Phi) is 3.67. The molecule has 20 heavy (non-hydrogen) atoms. The molecule has 1 heterocycles. The average molecular weight is 280 g/mol. The minimum absolute atomic E-state index is 0.0830. The molecule has 1 saturated carbocycles. The number of nitrogen functional groups attached to an aromatic ring is 1. The lowest BCUT2D eigenvalue weighted by Crippen LogP contribution is -2.47. The van der Waals surface area contributed by atoms with Crippen LogP contribution in [0.1, 0.15) is 40.0 Å². The van der Waals surface area contributed by atoms with Crippen molar-refractivity contribution in [3.63, 3.8) is 0 Å². The molecule has 0 aromatic carbocycles. The van der Waals surface area contributed by atoms with E-state index in [1.165, 1.54) is 11.6 Å². The molecule has 1 aliphatic carbocycles. The van der Waals surface area contributed by atoms with Gasteiger partial charge >= 0.3 is 5.69 Å². The second kappa shape index (κ2) is 5.00. The Labute approximate surface area is 118 Å². The lowest BCUT2D eigenvalue weighted by molar-refractivity contribution is 0.306. The maximum Gasteiger partial charge on any atom is 0.332 e. The lowest BCUT2D eigenvalue weighted by Gasteiger charge is -2.40. The molecule has 112 valence electrons. The standard InChI is InChI=1S/C14H24N4O2/c1-9(2)8-18-11(15)10(12(19)17(4)13(18)20)16-14(3)6-5-7-14/h9,16H,5-8,15H2,1-4H3. The third-order valence-electron chi connectivity index (χ3n) is 4.01. The number of hydrogen-bond donors (Lipinski definition) is 2. The van der Waals surface area contributed by atoms with Gasteiger partial charge in [-0.15, -0.1) is 0 Å². The summed E-state index contributed by atoms with van der Waals surface area (Å²) in [5, 5.41) is 3.25. The number of aromatic nitrogens is 2. The Hall–Kier alpha value is -1.72. The predicted molar refractivity (Wildman–Crippen MR) is 81.1 cm³/mol. The van der Waals surface area contributed by atoms with E-state index in [2.05, 4.69) is 12.2 Å². The third-order valence-corrected chi connectivity index (χ3v) is 4.01. The smallest absolute Gasteiger partial charge is 0.332 e. The first-order chi connectivity index (χ1) is 9.25. The zero-order valence-electron chi connectivity index (χ0n) is 12.7. The van der Waals surface area contributed by atoms with Gasteiger partial charge < -0.3 is 11.1 Å². The van der Waals surface area contributed by atoms with Crippen LogP contribution >= 0.6 is 0 Å². The molecule has 0 bridgehead atoms. The van der Waals surface area contributed by atoms with Crippen LogP contribution in [-0.4, -0.2) is 14.7 Å². The van der Waals surface area contributed by atoms with E-state index >= 15 is 0 Å². The molecule has 0 radical (unpaired) electrons. The predicted octanol–water partition coefficient (Wildman–Crippen LogP) is 1.14. The largest absolute Gasteiger partial charge is 0.383 e. The summed E-state index contributed by atoms with van der Waals surface area (Å²) < 4.78 is 2.61. The van der Waals surface area contributed by atoms with Crippen LogP contribution in [0, 0.1) is 5.92 Å². The van der Waals surface area contributed by atoms with Crippen molar-refractivity contribution in [2.75, 3.05) is 11.1 Å². The van der Waals surface area contributed by atoms with Gasteiger partial charge in [-0.3, -0.25) is 13.9 Å². The molecule has 1 aliphatic rings. The van der Waals surface area contributed by atoms with Crippen LogP contribution in [0.15, 0.2) is 9.59 Å². The highest BCUT2D eigenvalue weighted by Crippen LogP contribution is 2.34. The molecule has 3 N–H and O–H groups in total. The van der Waals surface area contributed by atoms with Crippen LogP contribution < -0.4 is 22.3 Å². The van der Waals surface area contributed by atoms with E-state index in [0.29, 0.717) is 12.2 Å². The Bertz CT molecular complexity index is 623. The maximum absolute atomic E-state index is 12.3. The summed E-state index contributed by atoms with van der Waals surface area (Å²) in [4.78, 5) is 24.4. The quantitative estimate of drug-likeness (QED) is 0.866. The summed E-state index contributed by atoms with van der Waals surface area (Å²) in [6.07, 6.45) is 3.17. The zero-order valence-corrected chi connectivity index (χ0v) is 12.7. The van der Waals surface area contributed by atoms with Gasteiger partial charge in [-0.05, 0) is 32.1 Å². The number of rotatable bonds is 4. The van der Waals surface area contributed by atoms with E-state index in [9.17, 15) is 9.59 Å². The molecule has 0 spiro atoms. The molecular formula is C14H24N4O2. The van der Waals surface area contributed by atoms with Gasteiger partial charge in [0.25, 0.3) is 5.56 Å². The number of nitrogens with one attached hydrogen (secondary N) is 1. The molecule has 0 saturated heterocycles. The molecule has 0 atom stereocenters. The molecule has 6 heteroatoms. The Balaban J connectivity index is 2.53. The average Bonchev–Trinajstić information content (AvgIpc) is 2.35. The molecule has 6 nitrogen and oxygen atoms in total. The third kappa shape index (κ3) is 2.46. The first-order valence-corrected chi connectivity index (χ1v) is 7.12. The summed E-state index contributed by atoms with van der Waals surface area (Å²) in [5.74, 6) is 0.527. The minimum Gasteiger partial charge on any atom is -0.383 e. The first-order valence-electron chi connectivity index (χ1n) is 7.12. The SMILES string of the molecule is CC(C)Cn1c(N)c(NC2(C)CCC2)c(=O)n(C)c1=O. The van der Waals surface area contributed by atoms with Crippen molar-refractivity contribution < 1.29 is 0 Å². The number of nitrogens with two attached hydrogens (primary N) is 1. The zero-order chi connectivity index (χ0) is 15.1. The van der Waals surface area contributed by atoms with Crippen molar-refractivity contribution in [1.82, 2.24) is 9.13 Å². The molecule has 0 amide bonds. The van der Waals surface area contributed by atoms with Crippen molar-refractivity contribution in [1.29, 1.82) is 0 Å². The van der Waals surface area contributed by atoms with Crippen LogP contribution in [0.2, 0.25) is 0 Å². The Morgan fingerprint density at radius 1 is 1.35 bits per heavy atom. The summed E-state index contributed by atoms with van der Waals surface area (Å²) >= 11 is 0. The van der Waals surface area contributed by atoms with E-state index in [0.717, 1.165) is 23.8 Å². The fourth-order valence-corrected chi connectivity index (χ4v) is 2.58. The summed E-state index contributed by atoms with van der Waals surface area (Å²) in [7, 11) is 1.50. The van der Waals surface area contributed by atoms with Crippen LogP contribution in [0.4, 0.5) is 11.5 Å². The van der Waals surface area contributed by atoms with Gasteiger partial charge in [0.1, 0.15) is 11.5 Å². The van der Waals surface area contributed by atoms with Crippen molar-refractivity contribution in [2.45, 2.75) is 52.1 Å². The highest BCUT2D eigenvalue weighted by atomic mass is 16.2. The van der Waals surface area contributed by atoms with Crippen LogP contribution in [0.5, 0.6) is 0 Å². The van der Waals surface area contributed by atoms with Gasteiger partial charge in [-0.2, -0.15) is 0 Å². The summed E-state index contributed by atoms with van der Waals surface area (Å²) in [5.41, 5.74) is 5.65. The second-order valence-corrected chi connectivity index (χ2v) is 6.45. The maximum atomic E-state index is 12.3. The van der Waals surface area contributed by atoms with Crippen molar-refractivity contribution in [3.8, 4) is 0 Å². The number of anilines is 2. The topological polar surface area (TPSA) is 82.0 Å². The van der Waals surface area contributed by atoms with Gasteiger partial charge in [-0.1, -0.05) is 13.8 Å². The van der Waals surface area contributed by atoms with Gasteiger partial charge in [0, 0.05) is 19.1 Å². The summed E-state index contributed by atoms with van der Waals surface area (Å²) in [6.45, 7) is 6.60. The highest BCUT2D eigenvalue weighted by molar-refractivity contribution is 5.62. The van der Waals surface area contributed by atoms with E-state index < -0.39 is 0 Å². The number of nitrogens with zero attached hydrogens (tertiary/aromatic N) is 2. The van der Waals surface area contributed by atoms with Gasteiger partial charge in [0.05, 0.1) is 0 Å². The van der Waals surface area contributed by atoms with Gasteiger partial charge in [-0.25, -0.2) is 4.79 Å². The molecule has 1 aromatic rings. The van der Waals surface area contributed by atoms with Gasteiger partial charge in [0.2, 0.25) is 0 Å². The first kappa shape index (κ1) is 14.7.